The molecule has 25 heavy (non-hydrogen) atoms. The minimum absolute atomic E-state index is 0.0443. The Kier molecular flexibility index (Phi) is 5.57. The second-order valence-electron chi connectivity index (χ2n) is 6.32. The van der Waals surface area contributed by atoms with Crippen molar-refractivity contribution in [2.24, 2.45) is 0 Å². The van der Waals surface area contributed by atoms with Crippen molar-refractivity contribution in [1.29, 1.82) is 0 Å². The quantitative estimate of drug-likeness (QED) is 0.672. The van der Waals surface area contributed by atoms with Gasteiger partial charge in [0.1, 0.15) is 12.4 Å². The number of carbonyl (C=O) groups excluding carboxylic acids is 1. The molecule has 1 unspecified atom stereocenters. The molecule has 0 saturated heterocycles. The lowest BCUT2D eigenvalue weighted by molar-refractivity contribution is -0.129. The number of ether oxygens (including phenoxy) is 1. The average Bonchev–Trinajstić information content (AvgIpc) is 3.35. The minimum atomic E-state index is -0.243. The van der Waals surface area contributed by atoms with Crippen molar-refractivity contribution < 1.29 is 9.53 Å². The van der Waals surface area contributed by atoms with Crippen molar-refractivity contribution in [3.8, 4) is 5.75 Å². The molecule has 1 heterocycles. The Morgan fingerprint density at radius 3 is 2.80 bits per heavy atom. The van der Waals surface area contributed by atoms with E-state index in [2.05, 4.69) is 15.5 Å². The van der Waals surface area contributed by atoms with E-state index >= 15 is 0 Å². The second kappa shape index (κ2) is 7.86. The number of thioether (sulfide) groups is 1. The summed E-state index contributed by atoms with van der Waals surface area (Å²) in [5.41, 5.74) is 1.19. The molecule has 1 aromatic carbocycles. The van der Waals surface area contributed by atoms with E-state index in [1.54, 1.807) is 11.9 Å². The summed E-state index contributed by atoms with van der Waals surface area (Å²) in [7, 11) is 1.79. The highest BCUT2D eigenvalue weighted by molar-refractivity contribution is 8.00. The van der Waals surface area contributed by atoms with Crippen LogP contribution in [0.5, 0.6) is 5.75 Å². The first-order valence-electron chi connectivity index (χ1n) is 8.43. The number of nitrogens with zero attached hydrogens (tertiary/aromatic N) is 5. The molecule has 1 amide bonds. The van der Waals surface area contributed by atoms with Crippen molar-refractivity contribution in [2.45, 2.75) is 43.1 Å². The van der Waals surface area contributed by atoms with Crippen LogP contribution in [0, 0.1) is 6.92 Å². The lowest BCUT2D eigenvalue weighted by Crippen LogP contribution is -2.36. The van der Waals surface area contributed by atoms with E-state index in [1.807, 2.05) is 42.8 Å². The van der Waals surface area contributed by atoms with Crippen molar-refractivity contribution in [2.75, 3.05) is 20.2 Å². The summed E-state index contributed by atoms with van der Waals surface area (Å²) in [6, 6.07) is 8.29. The largest absolute Gasteiger partial charge is 0.492 e. The van der Waals surface area contributed by atoms with Gasteiger partial charge in [-0.05, 0) is 49.2 Å². The summed E-state index contributed by atoms with van der Waals surface area (Å²) in [6.07, 6.45) is 2.22. The highest BCUT2D eigenvalue weighted by Gasteiger charge is 2.30. The topological polar surface area (TPSA) is 73.1 Å². The smallest absolute Gasteiger partial charge is 0.235 e. The molecule has 1 saturated carbocycles. The van der Waals surface area contributed by atoms with Crippen LogP contribution in [0.15, 0.2) is 29.4 Å². The first-order chi connectivity index (χ1) is 12.0. The van der Waals surface area contributed by atoms with Gasteiger partial charge in [0.25, 0.3) is 0 Å². The van der Waals surface area contributed by atoms with E-state index in [9.17, 15) is 4.79 Å². The monoisotopic (exact) mass is 361 g/mol. The molecule has 1 fully saturated rings. The Morgan fingerprint density at radius 1 is 1.40 bits per heavy atom. The summed E-state index contributed by atoms with van der Waals surface area (Å²) in [5, 5.41) is 12.3. The average molecular weight is 361 g/mol. The number of amides is 1. The van der Waals surface area contributed by atoms with Gasteiger partial charge in [-0.15, -0.1) is 5.10 Å². The third-order valence-electron chi connectivity index (χ3n) is 4.08. The number of hydrogen-bond donors (Lipinski definition) is 0. The number of rotatable bonds is 8. The van der Waals surface area contributed by atoms with Crippen LogP contribution in [-0.4, -0.2) is 56.5 Å². The molecule has 0 radical (unpaired) electrons. The van der Waals surface area contributed by atoms with Crippen LogP contribution >= 0.6 is 11.8 Å². The van der Waals surface area contributed by atoms with Crippen LogP contribution in [0.4, 0.5) is 0 Å². The van der Waals surface area contributed by atoms with Crippen molar-refractivity contribution in [3.63, 3.8) is 0 Å². The molecule has 0 aliphatic heterocycles. The van der Waals surface area contributed by atoms with Gasteiger partial charge in [0, 0.05) is 7.05 Å². The molecule has 1 atom stereocenters. The van der Waals surface area contributed by atoms with Gasteiger partial charge in [-0.25, -0.2) is 4.68 Å². The lowest BCUT2D eigenvalue weighted by atomic mass is 10.2. The fourth-order valence-corrected chi connectivity index (χ4v) is 3.35. The highest BCUT2D eigenvalue weighted by Crippen LogP contribution is 2.37. The van der Waals surface area contributed by atoms with E-state index in [1.165, 1.54) is 17.3 Å². The number of aryl methyl sites for hydroxylation is 1. The molecule has 3 rings (SSSR count). The molecule has 0 N–H and O–H groups in total. The Balaban J connectivity index is 1.46. The maximum absolute atomic E-state index is 12.5. The van der Waals surface area contributed by atoms with Crippen LogP contribution in [0.1, 0.15) is 31.4 Å². The van der Waals surface area contributed by atoms with Crippen LogP contribution in [-0.2, 0) is 4.79 Å². The fourth-order valence-electron chi connectivity index (χ4n) is 2.38. The Labute approximate surface area is 151 Å². The molecule has 1 aliphatic rings. The molecule has 8 heteroatoms. The van der Waals surface area contributed by atoms with Gasteiger partial charge >= 0.3 is 0 Å². The Morgan fingerprint density at radius 2 is 2.12 bits per heavy atom. The lowest BCUT2D eigenvalue weighted by Gasteiger charge is -2.21. The molecule has 0 spiro atoms. The zero-order valence-corrected chi connectivity index (χ0v) is 15.6. The van der Waals surface area contributed by atoms with E-state index in [-0.39, 0.29) is 11.2 Å². The maximum Gasteiger partial charge on any atom is 0.235 e. The van der Waals surface area contributed by atoms with Crippen LogP contribution in [0.3, 0.4) is 0 Å². The number of tetrazole rings is 1. The zero-order chi connectivity index (χ0) is 17.8. The first kappa shape index (κ1) is 17.7. The second-order valence-corrected chi connectivity index (χ2v) is 7.63. The highest BCUT2D eigenvalue weighted by atomic mass is 32.2. The van der Waals surface area contributed by atoms with Crippen LogP contribution in [0.25, 0.3) is 0 Å². The van der Waals surface area contributed by atoms with Crippen molar-refractivity contribution in [3.05, 3.63) is 29.8 Å². The van der Waals surface area contributed by atoms with Crippen molar-refractivity contribution >= 4 is 17.7 Å². The third kappa shape index (κ3) is 4.72. The summed E-state index contributed by atoms with van der Waals surface area (Å²) in [5.74, 6) is 0.861. The summed E-state index contributed by atoms with van der Waals surface area (Å²) in [4.78, 5) is 14.2. The Hall–Kier alpha value is -2.09. The summed E-state index contributed by atoms with van der Waals surface area (Å²) < 4.78 is 7.52. The standard InChI is InChI=1S/C17H23N5O2S/c1-12-4-8-15(9-5-12)24-11-10-21(3)16(23)13(2)25-17-18-19-20-22(17)14-6-7-14/h4-5,8-9,13-14H,6-7,10-11H2,1-3H3. The number of hydrogen-bond acceptors (Lipinski definition) is 6. The SMILES string of the molecule is Cc1ccc(OCCN(C)C(=O)C(C)Sc2nnnn2C2CC2)cc1. The van der Waals surface area contributed by atoms with Gasteiger partial charge in [-0.2, -0.15) is 0 Å². The number of likely N-dealkylation sites (N-methyl/N-ethyl adjacent to an activating group) is 1. The van der Waals surface area contributed by atoms with Crippen molar-refractivity contribution in [1.82, 2.24) is 25.1 Å². The number of carbonyl (C=O) groups is 1. The summed E-state index contributed by atoms with van der Waals surface area (Å²) in [6.45, 7) is 4.92. The molecular formula is C17H23N5O2S. The first-order valence-corrected chi connectivity index (χ1v) is 9.31. The fraction of sp³-hybridized carbons (Fsp3) is 0.529. The molecule has 1 aromatic heterocycles. The molecular weight excluding hydrogens is 338 g/mol. The molecule has 0 bridgehead atoms. The molecule has 1 aliphatic carbocycles. The van der Waals surface area contributed by atoms with E-state index in [4.69, 9.17) is 4.74 Å². The zero-order valence-electron chi connectivity index (χ0n) is 14.8. The molecule has 7 nitrogen and oxygen atoms in total. The van der Waals surface area contributed by atoms with Gasteiger partial charge in [0.2, 0.25) is 11.1 Å². The number of aromatic nitrogens is 4. The Bertz CT molecular complexity index is 714. The van der Waals surface area contributed by atoms with E-state index < -0.39 is 0 Å². The van der Waals surface area contributed by atoms with Gasteiger partial charge in [-0.3, -0.25) is 4.79 Å². The van der Waals surface area contributed by atoms with Gasteiger partial charge in [-0.1, -0.05) is 29.5 Å². The minimum Gasteiger partial charge on any atom is -0.492 e. The predicted octanol–water partition coefficient (Wildman–Crippen LogP) is 2.33. The van der Waals surface area contributed by atoms with Crippen LogP contribution in [0.2, 0.25) is 0 Å². The molecule has 2 aromatic rings. The van der Waals surface area contributed by atoms with Gasteiger partial charge in [0.05, 0.1) is 17.8 Å². The normalized spacial score (nSPS) is 15.0. The molecule has 134 valence electrons. The van der Waals surface area contributed by atoms with Crippen LogP contribution < -0.4 is 4.74 Å². The predicted molar refractivity (Wildman–Crippen MR) is 95.7 cm³/mol. The maximum atomic E-state index is 12.5. The number of benzene rings is 1. The van der Waals surface area contributed by atoms with E-state index in [0.717, 1.165) is 18.6 Å². The van der Waals surface area contributed by atoms with Gasteiger partial charge < -0.3 is 9.64 Å². The summed E-state index contributed by atoms with van der Waals surface area (Å²) >= 11 is 1.41. The van der Waals surface area contributed by atoms with Gasteiger partial charge in [0.15, 0.2) is 0 Å². The third-order valence-corrected chi connectivity index (χ3v) is 5.11. The van der Waals surface area contributed by atoms with E-state index in [0.29, 0.717) is 24.3 Å².